The van der Waals surface area contributed by atoms with E-state index in [1.165, 1.54) is 23.6 Å². The molecule has 0 bridgehead atoms. The highest BCUT2D eigenvalue weighted by atomic mass is 32.1. The Kier molecular flexibility index (Phi) is 3.81. The molecular weight excluding hydrogens is 271 g/mol. The Bertz CT molecular complexity index is 641. The van der Waals surface area contributed by atoms with Crippen LogP contribution >= 0.6 is 11.3 Å². The number of nitro benzene ring substituents is 1. The fourth-order valence-corrected chi connectivity index (χ4v) is 1.95. The molecule has 2 rings (SSSR count). The number of halogens is 1. The Morgan fingerprint density at radius 2 is 2.37 bits per heavy atom. The summed E-state index contributed by atoms with van der Waals surface area (Å²) in [6, 6.07) is 3.56. The van der Waals surface area contributed by atoms with E-state index in [2.05, 4.69) is 15.5 Å². The third-order valence-corrected chi connectivity index (χ3v) is 3.02. The van der Waals surface area contributed by atoms with Crippen molar-refractivity contribution in [1.82, 2.24) is 4.98 Å². The second-order valence-electron chi connectivity index (χ2n) is 3.63. The lowest BCUT2D eigenvalue weighted by Gasteiger charge is -1.96. The molecule has 0 unspecified atom stereocenters. The van der Waals surface area contributed by atoms with Crippen molar-refractivity contribution in [2.45, 2.75) is 6.92 Å². The Hall–Kier alpha value is -2.35. The van der Waals surface area contributed by atoms with Crippen molar-refractivity contribution in [1.29, 1.82) is 0 Å². The number of nitro groups is 1. The average molecular weight is 280 g/mol. The summed E-state index contributed by atoms with van der Waals surface area (Å²) in [5.74, 6) is -0.870. The zero-order valence-electron chi connectivity index (χ0n) is 9.83. The molecule has 0 atom stereocenters. The first kappa shape index (κ1) is 13.1. The van der Waals surface area contributed by atoms with Crippen molar-refractivity contribution in [3.05, 3.63) is 50.8 Å². The molecule has 0 aliphatic rings. The minimum atomic E-state index is -0.870. The molecule has 0 fully saturated rings. The average Bonchev–Trinajstić information content (AvgIpc) is 2.77. The zero-order chi connectivity index (χ0) is 13.8. The first-order valence-corrected chi connectivity index (χ1v) is 6.09. The van der Waals surface area contributed by atoms with Crippen LogP contribution in [0.15, 0.2) is 28.7 Å². The fourth-order valence-electron chi connectivity index (χ4n) is 1.32. The maximum absolute atomic E-state index is 13.1. The standard InChI is InChI=1S/C11H9FN4O2S/c1-7-6-19-11(14-7)15-13-5-8-2-3-9(12)10(4-8)16(17)18/h2-6H,1H3,(H,14,15). The number of nitrogens with zero attached hydrogens (tertiary/aromatic N) is 3. The Balaban J connectivity index is 2.10. The van der Waals surface area contributed by atoms with Crippen molar-refractivity contribution < 1.29 is 9.31 Å². The van der Waals surface area contributed by atoms with Crippen LogP contribution in [0.5, 0.6) is 0 Å². The zero-order valence-corrected chi connectivity index (χ0v) is 10.6. The molecule has 1 heterocycles. The summed E-state index contributed by atoms with van der Waals surface area (Å²) in [5, 5.41) is 16.9. The number of hydrogen-bond donors (Lipinski definition) is 1. The molecule has 1 aromatic carbocycles. The lowest BCUT2D eigenvalue weighted by Crippen LogP contribution is -1.95. The van der Waals surface area contributed by atoms with Crippen LogP contribution in [0, 0.1) is 22.9 Å². The van der Waals surface area contributed by atoms with Crippen molar-refractivity contribution in [3.8, 4) is 0 Å². The monoisotopic (exact) mass is 280 g/mol. The molecule has 6 nitrogen and oxygen atoms in total. The molecule has 1 N–H and O–H groups in total. The summed E-state index contributed by atoms with van der Waals surface area (Å²) >= 11 is 1.39. The van der Waals surface area contributed by atoms with Crippen LogP contribution in [0.2, 0.25) is 0 Å². The first-order valence-electron chi connectivity index (χ1n) is 5.21. The second kappa shape index (κ2) is 5.53. The molecule has 0 radical (unpaired) electrons. The number of aryl methyl sites for hydroxylation is 1. The van der Waals surface area contributed by atoms with Gasteiger partial charge in [-0.05, 0) is 19.1 Å². The van der Waals surface area contributed by atoms with E-state index in [9.17, 15) is 14.5 Å². The molecule has 19 heavy (non-hydrogen) atoms. The van der Waals surface area contributed by atoms with Gasteiger partial charge < -0.3 is 0 Å². The summed E-state index contributed by atoms with van der Waals surface area (Å²) < 4.78 is 13.1. The highest BCUT2D eigenvalue weighted by Crippen LogP contribution is 2.18. The van der Waals surface area contributed by atoms with Crippen LogP contribution in [0.1, 0.15) is 11.3 Å². The smallest absolute Gasteiger partial charge is 0.258 e. The number of anilines is 1. The van der Waals surface area contributed by atoms with Crippen LogP contribution < -0.4 is 5.43 Å². The molecule has 1 aromatic heterocycles. The van der Waals surface area contributed by atoms with Crippen LogP contribution in [-0.2, 0) is 0 Å². The lowest BCUT2D eigenvalue weighted by atomic mass is 10.2. The van der Waals surface area contributed by atoms with Gasteiger partial charge >= 0.3 is 5.69 Å². The predicted octanol–water partition coefficient (Wildman–Crippen LogP) is 2.94. The molecule has 0 saturated heterocycles. The highest BCUT2D eigenvalue weighted by molar-refractivity contribution is 7.13. The summed E-state index contributed by atoms with van der Waals surface area (Å²) in [6.45, 7) is 1.86. The number of thiazole rings is 1. The van der Waals surface area contributed by atoms with Gasteiger partial charge in [-0.25, -0.2) is 4.98 Å². The number of hydrazone groups is 1. The van der Waals surface area contributed by atoms with Crippen LogP contribution in [0.3, 0.4) is 0 Å². The van der Waals surface area contributed by atoms with E-state index >= 15 is 0 Å². The molecule has 2 aromatic rings. The van der Waals surface area contributed by atoms with Crippen LogP contribution in [0.4, 0.5) is 15.2 Å². The molecule has 8 heteroatoms. The first-order chi connectivity index (χ1) is 9.06. The number of benzene rings is 1. The summed E-state index contributed by atoms with van der Waals surface area (Å²) in [4.78, 5) is 13.9. The van der Waals surface area contributed by atoms with E-state index in [-0.39, 0.29) is 0 Å². The summed E-state index contributed by atoms with van der Waals surface area (Å²) in [5.41, 5.74) is 3.42. The predicted molar refractivity (Wildman–Crippen MR) is 71.1 cm³/mol. The normalized spacial score (nSPS) is 10.8. The number of rotatable bonds is 4. The van der Waals surface area contributed by atoms with E-state index in [1.807, 2.05) is 12.3 Å². The van der Waals surface area contributed by atoms with E-state index in [0.717, 1.165) is 17.8 Å². The molecule has 0 aliphatic carbocycles. The van der Waals surface area contributed by atoms with E-state index in [4.69, 9.17) is 0 Å². The van der Waals surface area contributed by atoms with Gasteiger partial charge in [0.25, 0.3) is 0 Å². The number of aromatic nitrogens is 1. The summed E-state index contributed by atoms with van der Waals surface area (Å²) in [6.07, 6.45) is 1.36. The second-order valence-corrected chi connectivity index (χ2v) is 4.49. The van der Waals surface area contributed by atoms with Crippen molar-refractivity contribution in [3.63, 3.8) is 0 Å². The molecule has 0 saturated carbocycles. The van der Waals surface area contributed by atoms with Gasteiger partial charge in [-0.15, -0.1) is 11.3 Å². The van der Waals surface area contributed by atoms with Crippen LogP contribution in [0.25, 0.3) is 0 Å². The van der Waals surface area contributed by atoms with Crippen molar-refractivity contribution >= 4 is 28.4 Å². The van der Waals surface area contributed by atoms with Crippen molar-refractivity contribution in [2.75, 3.05) is 5.43 Å². The van der Waals surface area contributed by atoms with Gasteiger partial charge in [0.15, 0.2) is 0 Å². The van der Waals surface area contributed by atoms with E-state index < -0.39 is 16.4 Å². The van der Waals surface area contributed by atoms with Gasteiger partial charge in [-0.3, -0.25) is 15.5 Å². The molecule has 0 amide bonds. The Labute approximate surface area is 111 Å². The highest BCUT2D eigenvalue weighted by Gasteiger charge is 2.13. The topological polar surface area (TPSA) is 80.4 Å². The molecular formula is C11H9FN4O2S. The largest absolute Gasteiger partial charge is 0.305 e. The quantitative estimate of drug-likeness (QED) is 0.530. The van der Waals surface area contributed by atoms with Gasteiger partial charge in [0.1, 0.15) is 0 Å². The number of nitrogens with one attached hydrogen (secondary N) is 1. The van der Waals surface area contributed by atoms with Crippen LogP contribution in [-0.4, -0.2) is 16.1 Å². The summed E-state index contributed by atoms with van der Waals surface area (Å²) in [7, 11) is 0. The molecule has 98 valence electrons. The third kappa shape index (κ3) is 3.32. The lowest BCUT2D eigenvalue weighted by molar-refractivity contribution is -0.387. The number of hydrogen-bond acceptors (Lipinski definition) is 6. The fraction of sp³-hybridized carbons (Fsp3) is 0.0909. The van der Waals surface area contributed by atoms with E-state index in [1.54, 1.807) is 0 Å². The van der Waals surface area contributed by atoms with E-state index in [0.29, 0.717) is 10.7 Å². The Morgan fingerprint density at radius 1 is 1.58 bits per heavy atom. The minimum Gasteiger partial charge on any atom is -0.258 e. The van der Waals surface area contributed by atoms with Gasteiger partial charge in [0, 0.05) is 17.0 Å². The Morgan fingerprint density at radius 3 is 3.00 bits per heavy atom. The van der Waals surface area contributed by atoms with Gasteiger partial charge in [-0.1, -0.05) is 0 Å². The maximum Gasteiger partial charge on any atom is 0.305 e. The van der Waals surface area contributed by atoms with Gasteiger partial charge in [-0.2, -0.15) is 9.49 Å². The van der Waals surface area contributed by atoms with Crippen molar-refractivity contribution in [2.24, 2.45) is 5.10 Å². The SMILES string of the molecule is Cc1csc(NN=Cc2ccc(F)c([N+](=O)[O-])c2)n1. The van der Waals surface area contributed by atoms with Gasteiger partial charge in [0.05, 0.1) is 16.8 Å². The molecule has 0 aliphatic heterocycles. The third-order valence-electron chi connectivity index (χ3n) is 2.16. The van der Waals surface area contributed by atoms with Gasteiger partial charge in [0.2, 0.25) is 10.9 Å². The molecule has 0 spiro atoms. The maximum atomic E-state index is 13.1. The minimum absolute atomic E-state index is 0.425.